The van der Waals surface area contributed by atoms with Gasteiger partial charge in [0.1, 0.15) is 11.6 Å². The molecule has 1 aliphatic heterocycles. The van der Waals surface area contributed by atoms with Gasteiger partial charge in [-0.15, -0.1) is 0 Å². The largest absolute Gasteiger partial charge is 0.305 e. The van der Waals surface area contributed by atoms with Crippen LogP contribution in [0.1, 0.15) is 29.3 Å². The van der Waals surface area contributed by atoms with Crippen LogP contribution in [0.4, 0.5) is 20.2 Å². The number of hydrogen-bond acceptors (Lipinski definition) is 2. The third kappa shape index (κ3) is 3.43. The Morgan fingerprint density at radius 2 is 1.54 bits per heavy atom. The summed E-state index contributed by atoms with van der Waals surface area (Å²) >= 11 is 0. The first-order valence-corrected chi connectivity index (χ1v) is 9.04. The van der Waals surface area contributed by atoms with E-state index in [1.807, 2.05) is 31.2 Å². The fraction of sp³-hybridized carbons (Fsp3) is 0.130. The van der Waals surface area contributed by atoms with Crippen molar-refractivity contribution < 1.29 is 13.6 Å². The third-order valence-electron chi connectivity index (χ3n) is 4.80. The maximum atomic E-state index is 13.2. The van der Waals surface area contributed by atoms with E-state index < -0.39 is 0 Å². The molecule has 1 atom stereocenters. The number of amides is 1. The summed E-state index contributed by atoms with van der Waals surface area (Å²) in [5, 5.41) is 0. The van der Waals surface area contributed by atoms with Crippen molar-refractivity contribution in [3.8, 4) is 0 Å². The van der Waals surface area contributed by atoms with Gasteiger partial charge in [-0.2, -0.15) is 0 Å². The second-order valence-corrected chi connectivity index (χ2v) is 6.79. The lowest BCUT2D eigenvalue weighted by Crippen LogP contribution is -2.44. The number of carbonyl (C=O) groups is 1. The second kappa shape index (κ2) is 7.35. The summed E-state index contributed by atoms with van der Waals surface area (Å²) in [6, 6.07) is 19.0. The highest BCUT2D eigenvalue weighted by atomic mass is 19.1. The van der Waals surface area contributed by atoms with Crippen LogP contribution in [0.15, 0.2) is 77.8 Å². The van der Waals surface area contributed by atoms with E-state index in [0.717, 1.165) is 17.0 Å². The van der Waals surface area contributed by atoms with Crippen LogP contribution in [-0.4, -0.2) is 17.7 Å². The third-order valence-corrected chi connectivity index (χ3v) is 4.80. The van der Waals surface area contributed by atoms with Crippen LogP contribution in [0, 0.1) is 11.6 Å². The van der Waals surface area contributed by atoms with Crippen molar-refractivity contribution in [2.45, 2.75) is 19.4 Å². The molecule has 4 rings (SSSR count). The summed E-state index contributed by atoms with van der Waals surface area (Å²) in [7, 11) is 0. The fourth-order valence-electron chi connectivity index (χ4n) is 3.46. The zero-order chi connectivity index (χ0) is 19.7. The summed E-state index contributed by atoms with van der Waals surface area (Å²) in [4.78, 5) is 19.5. The number of benzene rings is 3. The van der Waals surface area contributed by atoms with E-state index >= 15 is 0 Å². The first kappa shape index (κ1) is 18.0. The van der Waals surface area contributed by atoms with Crippen LogP contribution in [0.2, 0.25) is 0 Å². The number of para-hydroxylation sites is 1. The van der Waals surface area contributed by atoms with E-state index in [-0.39, 0.29) is 23.6 Å². The van der Waals surface area contributed by atoms with E-state index in [9.17, 15) is 13.6 Å². The number of nitrogens with zero attached hydrogens (tertiary/aromatic N) is 2. The van der Waals surface area contributed by atoms with Crippen LogP contribution < -0.4 is 4.90 Å². The van der Waals surface area contributed by atoms with Gasteiger partial charge in [0, 0.05) is 23.6 Å². The topological polar surface area (TPSA) is 32.7 Å². The van der Waals surface area contributed by atoms with Gasteiger partial charge in [-0.25, -0.2) is 8.78 Å². The van der Waals surface area contributed by atoms with Crippen molar-refractivity contribution >= 4 is 23.0 Å². The molecule has 0 fully saturated rings. The number of aliphatic imine (C=N–C) groups is 1. The van der Waals surface area contributed by atoms with Gasteiger partial charge >= 0.3 is 0 Å². The minimum absolute atomic E-state index is 0.133. The Morgan fingerprint density at radius 1 is 0.929 bits per heavy atom. The molecule has 3 aromatic rings. The van der Waals surface area contributed by atoms with Gasteiger partial charge in [0.05, 0.1) is 17.1 Å². The van der Waals surface area contributed by atoms with Gasteiger partial charge in [0.25, 0.3) is 5.91 Å². The molecule has 0 saturated carbocycles. The molecule has 0 bridgehead atoms. The zero-order valence-electron chi connectivity index (χ0n) is 15.3. The van der Waals surface area contributed by atoms with Crippen molar-refractivity contribution in [3.05, 3.63) is 95.6 Å². The van der Waals surface area contributed by atoms with Crippen molar-refractivity contribution in [1.82, 2.24) is 0 Å². The molecule has 0 N–H and O–H groups in total. The summed E-state index contributed by atoms with van der Waals surface area (Å²) in [6.07, 6.45) is 0.557. The van der Waals surface area contributed by atoms with Crippen LogP contribution in [-0.2, 0) is 0 Å². The first-order valence-electron chi connectivity index (χ1n) is 9.04. The Morgan fingerprint density at radius 3 is 2.21 bits per heavy atom. The minimum Gasteiger partial charge on any atom is -0.305 e. The van der Waals surface area contributed by atoms with E-state index in [1.54, 1.807) is 17.0 Å². The Labute approximate surface area is 162 Å². The molecule has 3 nitrogen and oxygen atoms in total. The van der Waals surface area contributed by atoms with E-state index in [4.69, 9.17) is 4.99 Å². The van der Waals surface area contributed by atoms with Gasteiger partial charge < -0.3 is 4.90 Å². The van der Waals surface area contributed by atoms with Gasteiger partial charge in [0.15, 0.2) is 0 Å². The van der Waals surface area contributed by atoms with E-state index in [1.165, 1.54) is 36.4 Å². The fourth-order valence-corrected chi connectivity index (χ4v) is 3.46. The maximum Gasteiger partial charge on any atom is 0.258 e. The zero-order valence-corrected chi connectivity index (χ0v) is 15.3. The monoisotopic (exact) mass is 376 g/mol. The van der Waals surface area contributed by atoms with Crippen molar-refractivity contribution in [2.24, 2.45) is 4.99 Å². The Balaban J connectivity index is 1.75. The van der Waals surface area contributed by atoms with E-state index in [2.05, 4.69) is 0 Å². The molecule has 1 amide bonds. The molecule has 0 aliphatic carbocycles. The normalized spacial score (nSPS) is 17.5. The summed E-state index contributed by atoms with van der Waals surface area (Å²) < 4.78 is 26.4. The Kier molecular flexibility index (Phi) is 4.74. The van der Waals surface area contributed by atoms with Crippen LogP contribution in [0.5, 0.6) is 0 Å². The summed E-state index contributed by atoms with van der Waals surface area (Å²) in [5.74, 6) is -0.865. The molecular weight excluding hydrogens is 358 g/mol. The SMILES string of the molecule is C[C@@H]1CC(=Nc2ccc(F)cc2)c2ccccc2N1C(=O)c1ccc(F)cc1. The highest BCUT2D eigenvalue weighted by Gasteiger charge is 2.32. The van der Waals surface area contributed by atoms with E-state index in [0.29, 0.717) is 17.7 Å². The molecule has 0 saturated heterocycles. The van der Waals surface area contributed by atoms with Crippen molar-refractivity contribution in [3.63, 3.8) is 0 Å². The number of hydrogen-bond donors (Lipinski definition) is 0. The average molecular weight is 376 g/mol. The van der Waals surface area contributed by atoms with Gasteiger partial charge in [0.2, 0.25) is 0 Å². The second-order valence-electron chi connectivity index (χ2n) is 6.79. The molecule has 1 aliphatic rings. The molecule has 28 heavy (non-hydrogen) atoms. The molecule has 3 aromatic carbocycles. The number of rotatable bonds is 2. The van der Waals surface area contributed by atoms with Crippen LogP contribution in [0.25, 0.3) is 0 Å². The van der Waals surface area contributed by atoms with Crippen LogP contribution >= 0.6 is 0 Å². The highest BCUT2D eigenvalue weighted by Crippen LogP contribution is 2.33. The van der Waals surface area contributed by atoms with Crippen molar-refractivity contribution in [1.29, 1.82) is 0 Å². The molecule has 0 spiro atoms. The summed E-state index contributed by atoms with van der Waals surface area (Å²) in [6.45, 7) is 1.96. The standard InChI is InChI=1S/C23H18F2N2O/c1-15-14-21(26-19-12-10-18(25)11-13-19)20-4-2-3-5-22(20)27(15)23(28)16-6-8-17(24)9-7-16/h2-13,15H,14H2,1H3/t15-/m1/s1. The number of halogens is 2. The van der Waals surface area contributed by atoms with Gasteiger partial charge in [-0.05, 0) is 61.5 Å². The van der Waals surface area contributed by atoms with Gasteiger partial charge in [-0.1, -0.05) is 18.2 Å². The first-order chi connectivity index (χ1) is 13.5. The average Bonchev–Trinajstić information content (AvgIpc) is 2.70. The smallest absolute Gasteiger partial charge is 0.258 e. The molecule has 0 radical (unpaired) electrons. The molecule has 5 heteroatoms. The molecular formula is C23H18F2N2O. The quantitative estimate of drug-likeness (QED) is 0.579. The molecule has 0 aromatic heterocycles. The highest BCUT2D eigenvalue weighted by molar-refractivity contribution is 6.15. The van der Waals surface area contributed by atoms with Crippen molar-refractivity contribution in [2.75, 3.05) is 4.90 Å². The lowest BCUT2D eigenvalue weighted by atomic mass is 9.93. The minimum atomic E-state index is -0.377. The molecule has 140 valence electrons. The lowest BCUT2D eigenvalue weighted by molar-refractivity contribution is 0.0978. The number of fused-ring (bicyclic) bond motifs is 1. The number of carbonyl (C=O) groups excluding carboxylic acids is 1. The molecule has 1 heterocycles. The van der Waals surface area contributed by atoms with Gasteiger partial charge in [-0.3, -0.25) is 9.79 Å². The maximum absolute atomic E-state index is 13.2. The lowest BCUT2D eigenvalue weighted by Gasteiger charge is -2.36. The van der Waals surface area contributed by atoms with Crippen LogP contribution in [0.3, 0.4) is 0 Å². The molecule has 0 unspecified atom stereocenters. The Hall–Kier alpha value is -3.34. The Bertz CT molecular complexity index is 1040. The number of anilines is 1. The summed E-state index contributed by atoms with van der Waals surface area (Å²) in [5.41, 5.74) is 3.56. The predicted molar refractivity (Wildman–Crippen MR) is 106 cm³/mol. The predicted octanol–water partition coefficient (Wildman–Crippen LogP) is 5.52.